The number of nitrogen functional groups attached to an aromatic ring is 1. The normalized spacial score (nSPS) is 23.1. The van der Waals surface area contributed by atoms with Gasteiger partial charge < -0.3 is 20.3 Å². The lowest BCUT2D eigenvalue weighted by molar-refractivity contribution is -0.148. The number of carbonyl (C=O) groups is 1. The second kappa shape index (κ2) is 10.5. The zero-order valence-corrected chi connectivity index (χ0v) is 27.7. The van der Waals surface area contributed by atoms with Crippen LogP contribution in [0.3, 0.4) is 0 Å². The van der Waals surface area contributed by atoms with Crippen molar-refractivity contribution in [2.75, 3.05) is 56.5 Å². The van der Waals surface area contributed by atoms with Gasteiger partial charge in [-0.25, -0.2) is 17.6 Å². The van der Waals surface area contributed by atoms with Gasteiger partial charge in [-0.2, -0.15) is 15.2 Å². The van der Waals surface area contributed by atoms with Crippen molar-refractivity contribution in [3.8, 4) is 23.2 Å². The Balaban J connectivity index is 1.10. The smallest absolute Gasteiger partial charge is 0.319 e. The zero-order valence-electron chi connectivity index (χ0n) is 26.2. The molecule has 4 aliphatic heterocycles. The van der Waals surface area contributed by atoms with Crippen molar-refractivity contribution in [1.29, 1.82) is 5.26 Å². The molecular formula is C34H30ClF4N7O2S. The maximum atomic E-state index is 16.9. The van der Waals surface area contributed by atoms with Gasteiger partial charge in [-0.3, -0.25) is 9.69 Å². The van der Waals surface area contributed by atoms with Gasteiger partial charge in [0.25, 0.3) is 5.92 Å². The standard InChI is InChI=1S/C34H30ClF4N7O2S/c35-21-9-18-26(25(37)24(21)17-3-4-22(36)27-23(17)19(11-40)28(41)49-27)42-31(48-16-33-5-1-7-46(33)8-2-6-33)43-29(18)44-12-32(13-44)14-45(15-32)30(47)20-10-34(20,38)39/h3-4,9,20H,1-2,5-8,10,12-16,41H2. The summed E-state index contributed by atoms with van der Waals surface area (Å²) in [5.41, 5.74) is 5.82. The predicted octanol–water partition coefficient (Wildman–Crippen LogP) is 6.21. The predicted molar refractivity (Wildman–Crippen MR) is 177 cm³/mol. The summed E-state index contributed by atoms with van der Waals surface area (Å²) >= 11 is 7.73. The highest BCUT2D eigenvalue weighted by molar-refractivity contribution is 7.23. The maximum absolute atomic E-state index is 16.9. The lowest BCUT2D eigenvalue weighted by Crippen LogP contribution is -2.73. The summed E-state index contributed by atoms with van der Waals surface area (Å²) in [4.78, 5) is 27.7. The number of aromatic nitrogens is 2. The lowest BCUT2D eigenvalue weighted by Gasteiger charge is -2.60. The van der Waals surface area contributed by atoms with Gasteiger partial charge in [-0.05, 0) is 56.5 Å². The molecule has 0 bridgehead atoms. The number of nitriles is 1. The highest BCUT2D eigenvalue weighted by Crippen LogP contribution is 2.53. The van der Waals surface area contributed by atoms with Crippen LogP contribution in [0.2, 0.25) is 5.02 Å². The number of hydrogen-bond acceptors (Lipinski definition) is 9. The number of nitrogens with two attached hydrogens (primary N) is 1. The number of nitrogens with zero attached hydrogens (tertiary/aromatic N) is 6. The van der Waals surface area contributed by atoms with Crippen molar-refractivity contribution in [3.05, 3.63) is 40.4 Å². The van der Waals surface area contributed by atoms with Gasteiger partial charge in [0, 0.05) is 54.4 Å². The van der Waals surface area contributed by atoms with Crippen molar-refractivity contribution < 1.29 is 27.1 Å². The largest absolute Gasteiger partial charge is 0.461 e. The van der Waals surface area contributed by atoms with Crippen LogP contribution in [0.15, 0.2) is 18.2 Å². The van der Waals surface area contributed by atoms with E-state index in [-0.39, 0.29) is 59.3 Å². The number of rotatable bonds is 6. The Morgan fingerprint density at radius 1 is 1.14 bits per heavy atom. The monoisotopic (exact) mass is 711 g/mol. The van der Waals surface area contributed by atoms with Gasteiger partial charge in [-0.1, -0.05) is 17.7 Å². The van der Waals surface area contributed by atoms with Crippen LogP contribution in [-0.2, 0) is 4.79 Å². The summed E-state index contributed by atoms with van der Waals surface area (Å²) in [6, 6.07) is 6.17. The molecular weight excluding hydrogens is 682 g/mol. The van der Waals surface area contributed by atoms with Crippen molar-refractivity contribution in [3.63, 3.8) is 0 Å². The summed E-state index contributed by atoms with van der Waals surface area (Å²) in [5.74, 6) is -5.60. The average molecular weight is 712 g/mol. The highest BCUT2D eigenvalue weighted by atomic mass is 35.5. The molecule has 1 amide bonds. The molecule has 49 heavy (non-hydrogen) atoms. The molecule has 9 nitrogen and oxygen atoms in total. The molecule has 254 valence electrons. The SMILES string of the molecule is N#Cc1c(N)sc2c(F)ccc(-c3c(Cl)cc4c(N5CC6(CN(C(=O)C7CC7(F)F)C6)C5)nc(OCC56CCCN5CCC6)nc4c3F)c12. The number of hydrogen-bond donors (Lipinski definition) is 1. The number of alkyl halides is 2. The Bertz CT molecular complexity index is 2130. The minimum Gasteiger partial charge on any atom is -0.461 e. The fourth-order valence-corrected chi connectivity index (χ4v) is 9.86. The van der Waals surface area contributed by atoms with E-state index in [0.29, 0.717) is 44.0 Å². The molecule has 15 heteroatoms. The van der Waals surface area contributed by atoms with E-state index in [1.54, 1.807) is 6.07 Å². The Labute approximate surface area is 287 Å². The lowest BCUT2D eigenvalue weighted by atomic mass is 9.72. The molecule has 4 aromatic rings. The van der Waals surface area contributed by atoms with Crippen LogP contribution in [0.25, 0.3) is 32.1 Å². The molecule has 5 aliphatic rings. The number of fused-ring (bicyclic) bond motifs is 3. The van der Waals surface area contributed by atoms with Crippen molar-refractivity contribution in [2.24, 2.45) is 11.3 Å². The van der Waals surface area contributed by atoms with Gasteiger partial charge in [0.1, 0.15) is 40.7 Å². The van der Waals surface area contributed by atoms with E-state index < -0.39 is 35.8 Å². The summed E-state index contributed by atoms with van der Waals surface area (Å²) in [5, 5.41) is 10.5. The molecule has 4 saturated heterocycles. The Morgan fingerprint density at radius 3 is 2.53 bits per heavy atom. The topological polar surface area (TPSA) is 112 Å². The number of amides is 1. The summed E-state index contributed by atoms with van der Waals surface area (Å²) < 4.78 is 65.3. The van der Waals surface area contributed by atoms with Crippen molar-refractivity contribution in [1.82, 2.24) is 19.8 Å². The first-order chi connectivity index (χ1) is 23.4. The minimum atomic E-state index is -2.91. The van der Waals surface area contributed by atoms with Gasteiger partial charge in [0.05, 0.1) is 20.8 Å². The van der Waals surface area contributed by atoms with Crippen LogP contribution in [0.4, 0.5) is 28.4 Å². The molecule has 0 radical (unpaired) electrons. The summed E-state index contributed by atoms with van der Waals surface area (Å²) in [6.45, 7) is 4.03. The molecule has 1 atom stereocenters. The number of benzene rings is 2. The number of thiophene rings is 1. The second-order valence-corrected chi connectivity index (χ2v) is 15.8. The molecule has 2 aromatic carbocycles. The van der Waals surface area contributed by atoms with Gasteiger partial charge in [0.2, 0.25) is 5.91 Å². The van der Waals surface area contributed by atoms with Crippen LogP contribution < -0.4 is 15.4 Å². The molecule has 1 spiro atoms. The number of halogens is 5. The Hall–Kier alpha value is -3.93. The molecule has 2 N–H and O–H groups in total. The fourth-order valence-electron chi connectivity index (χ4n) is 8.62. The van der Waals surface area contributed by atoms with E-state index in [1.807, 2.05) is 11.0 Å². The van der Waals surface area contributed by atoms with Gasteiger partial charge >= 0.3 is 6.01 Å². The minimum absolute atomic E-state index is 0.00636. The quantitative estimate of drug-likeness (QED) is 0.235. The Morgan fingerprint density at radius 2 is 1.86 bits per heavy atom. The van der Waals surface area contributed by atoms with Crippen LogP contribution >= 0.6 is 22.9 Å². The van der Waals surface area contributed by atoms with E-state index in [0.717, 1.165) is 50.1 Å². The highest BCUT2D eigenvalue weighted by Gasteiger charge is 2.65. The van der Waals surface area contributed by atoms with Crippen LogP contribution in [0, 0.1) is 34.3 Å². The zero-order chi connectivity index (χ0) is 34.0. The first kappa shape index (κ1) is 31.1. The van der Waals surface area contributed by atoms with Gasteiger partial charge in [0.15, 0.2) is 5.82 Å². The number of likely N-dealkylation sites (tertiary alicyclic amines) is 1. The van der Waals surface area contributed by atoms with E-state index in [1.165, 1.54) is 17.0 Å². The number of anilines is 2. The molecule has 6 heterocycles. The van der Waals surface area contributed by atoms with Crippen LogP contribution in [-0.4, -0.2) is 83.0 Å². The third-order valence-corrected chi connectivity index (χ3v) is 12.5. The van der Waals surface area contributed by atoms with Crippen LogP contribution in [0.5, 0.6) is 6.01 Å². The third-order valence-electron chi connectivity index (χ3n) is 11.2. The first-order valence-electron chi connectivity index (χ1n) is 16.3. The fraction of sp³-hybridized carbons (Fsp3) is 0.471. The first-order valence-corrected chi connectivity index (χ1v) is 17.5. The summed E-state index contributed by atoms with van der Waals surface area (Å²) in [6.07, 6.45) is 3.72. The molecule has 9 rings (SSSR count). The van der Waals surface area contributed by atoms with Crippen molar-refractivity contribution in [2.45, 2.75) is 43.6 Å². The molecule has 5 fully saturated rings. The van der Waals surface area contributed by atoms with Gasteiger partial charge in [-0.15, -0.1) is 11.3 Å². The van der Waals surface area contributed by atoms with E-state index in [4.69, 9.17) is 27.1 Å². The Kier molecular flexibility index (Phi) is 6.69. The molecule has 1 unspecified atom stereocenters. The number of ether oxygens (including phenoxy) is 1. The molecule has 2 aromatic heterocycles. The third kappa shape index (κ3) is 4.61. The molecule has 1 saturated carbocycles. The van der Waals surface area contributed by atoms with E-state index in [2.05, 4.69) is 9.88 Å². The van der Waals surface area contributed by atoms with E-state index in [9.17, 15) is 23.2 Å². The second-order valence-electron chi connectivity index (χ2n) is 14.3. The maximum Gasteiger partial charge on any atom is 0.319 e. The number of carbonyl (C=O) groups excluding carboxylic acids is 1. The van der Waals surface area contributed by atoms with Crippen LogP contribution in [0.1, 0.15) is 37.7 Å². The summed E-state index contributed by atoms with van der Waals surface area (Å²) in [7, 11) is 0. The molecule has 1 aliphatic carbocycles. The van der Waals surface area contributed by atoms with E-state index >= 15 is 4.39 Å². The average Bonchev–Trinajstić information content (AvgIpc) is 3.34. The van der Waals surface area contributed by atoms with Crippen molar-refractivity contribution >= 4 is 60.7 Å².